The van der Waals surface area contributed by atoms with Gasteiger partial charge in [0.1, 0.15) is 0 Å². The summed E-state index contributed by atoms with van der Waals surface area (Å²) in [6.45, 7) is 5.68. The number of fused-ring (bicyclic) bond motifs is 1. The number of hydrogen-bond acceptors (Lipinski definition) is 3. The highest BCUT2D eigenvalue weighted by molar-refractivity contribution is 5.31. The molecular weight excluding hydrogens is 356 g/mol. The van der Waals surface area contributed by atoms with Crippen LogP contribution >= 0.6 is 0 Å². The Morgan fingerprint density at radius 2 is 1.62 bits per heavy atom. The van der Waals surface area contributed by atoms with Crippen LogP contribution in [-0.4, -0.2) is 59.8 Å². The van der Waals surface area contributed by atoms with Crippen LogP contribution in [0.25, 0.3) is 0 Å². The van der Waals surface area contributed by atoms with E-state index in [1.807, 2.05) is 0 Å². The van der Waals surface area contributed by atoms with Gasteiger partial charge in [0.25, 0.3) is 0 Å². The molecule has 3 heteroatoms. The van der Waals surface area contributed by atoms with Crippen molar-refractivity contribution in [2.45, 2.75) is 76.4 Å². The molecule has 5 aliphatic heterocycles. The van der Waals surface area contributed by atoms with Gasteiger partial charge in [-0.05, 0) is 83.2 Å². The highest BCUT2D eigenvalue weighted by Crippen LogP contribution is 2.57. The number of aliphatic hydroxyl groups is 1. The van der Waals surface area contributed by atoms with Crippen molar-refractivity contribution in [1.82, 2.24) is 9.80 Å². The van der Waals surface area contributed by atoms with Gasteiger partial charge in [-0.1, -0.05) is 36.0 Å². The lowest BCUT2D eigenvalue weighted by Gasteiger charge is -2.65. The number of piperidine rings is 2. The maximum absolute atomic E-state index is 11.4. The molecule has 0 aromatic heterocycles. The fourth-order valence-electron chi connectivity index (χ4n) is 7.55. The standard InChI is InChI=1S/C26H40N2O/c29-23-19-27-15-11-7-3-1-5-9-13-21-17-22-18-28-16-12-8-4-2-6-10-14-26(20-27,24(22)23)25(21)28/h1-2,5-6,17,22-25,29H,3-4,7-16,18-20H2/b5-1-,6-2-/t22-,23-,24+,25-,26-/m1/s1. The van der Waals surface area contributed by atoms with Crippen LogP contribution < -0.4 is 0 Å². The molecule has 0 saturated carbocycles. The summed E-state index contributed by atoms with van der Waals surface area (Å²) in [6.07, 6.45) is 24.7. The summed E-state index contributed by atoms with van der Waals surface area (Å²) in [7, 11) is 0. The summed E-state index contributed by atoms with van der Waals surface area (Å²) >= 11 is 0. The van der Waals surface area contributed by atoms with Gasteiger partial charge in [0, 0.05) is 37.0 Å². The average molecular weight is 397 g/mol. The van der Waals surface area contributed by atoms with Gasteiger partial charge in [-0.15, -0.1) is 0 Å². The molecule has 1 N–H and O–H groups in total. The molecular formula is C26H40N2O. The van der Waals surface area contributed by atoms with E-state index in [1.54, 1.807) is 5.57 Å². The average Bonchev–Trinajstić information content (AvgIpc) is 2.73. The molecule has 0 aromatic rings. The summed E-state index contributed by atoms with van der Waals surface area (Å²) in [6, 6.07) is 0.551. The first-order chi connectivity index (χ1) is 14.3. The lowest BCUT2D eigenvalue weighted by molar-refractivity contribution is -0.160. The van der Waals surface area contributed by atoms with Crippen LogP contribution in [0.2, 0.25) is 0 Å². The molecule has 0 aromatic carbocycles. The third-order valence-corrected chi connectivity index (χ3v) is 8.51. The van der Waals surface area contributed by atoms with E-state index in [2.05, 4.69) is 40.2 Å². The lowest BCUT2D eigenvalue weighted by Crippen LogP contribution is -2.72. The Kier molecular flexibility index (Phi) is 6.00. The molecule has 5 heterocycles. The van der Waals surface area contributed by atoms with Gasteiger partial charge in [0.15, 0.2) is 0 Å². The predicted octanol–water partition coefficient (Wildman–Crippen LogP) is 4.55. The number of allylic oxidation sites excluding steroid dienone is 4. The predicted molar refractivity (Wildman–Crippen MR) is 120 cm³/mol. The summed E-state index contributed by atoms with van der Waals surface area (Å²) in [4.78, 5) is 5.50. The van der Waals surface area contributed by atoms with Gasteiger partial charge in [-0.25, -0.2) is 0 Å². The highest BCUT2D eigenvalue weighted by Gasteiger charge is 2.61. The maximum atomic E-state index is 11.4. The molecule has 7 atom stereocenters. The van der Waals surface area contributed by atoms with Crippen molar-refractivity contribution >= 4 is 0 Å². The second-order valence-corrected chi connectivity index (χ2v) is 10.4. The monoisotopic (exact) mass is 396 g/mol. The third-order valence-electron chi connectivity index (χ3n) is 8.51. The molecule has 2 fully saturated rings. The first-order valence-corrected chi connectivity index (χ1v) is 12.4. The van der Waals surface area contributed by atoms with Gasteiger partial charge in [-0.3, -0.25) is 4.90 Å². The zero-order chi connectivity index (χ0) is 19.7. The number of aliphatic hydroxyl groups excluding tert-OH is 1. The minimum absolute atomic E-state index is 0.159. The van der Waals surface area contributed by atoms with E-state index in [0.29, 0.717) is 17.9 Å². The zero-order valence-electron chi connectivity index (χ0n) is 18.1. The van der Waals surface area contributed by atoms with Crippen molar-refractivity contribution in [2.24, 2.45) is 17.3 Å². The summed E-state index contributed by atoms with van der Waals surface area (Å²) in [5.41, 5.74) is 1.94. The quantitative estimate of drug-likeness (QED) is 0.609. The molecule has 6 rings (SSSR count). The van der Waals surface area contributed by atoms with E-state index >= 15 is 0 Å². The molecule has 3 nitrogen and oxygen atoms in total. The Labute approximate surface area is 177 Å². The van der Waals surface area contributed by atoms with Gasteiger partial charge < -0.3 is 10.0 Å². The molecule has 2 saturated heterocycles. The third kappa shape index (κ3) is 3.79. The topological polar surface area (TPSA) is 26.7 Å². The van der Waals surface area contributed by atoms with E-state index < -0.39 is 0 Å². The van der Waals surface area contributed by atoms with Crippen LogP contribution in [0.15, 0.2) is 36.0 Å². The minimum Gasteiger partial charge on any atom is -0.391 e. The van der Waals surface area contributed by atoms with Crippen LogP contribution in [0.3, 0.4) is 0 Å². The minimum atomic E-state index is -0.159. The van der Waals surface area contributed by atoms with Crippen molar-refractivity contribution < 1.29 is 5.11 Å². The molecule has 1 spiro atoms. The Hall–Kier alpha value is -0.900. The molecule has 6 aliphatic rings. The fourth-order valence-corrected chi connectivity index (χ4v) is 7.55. The number of rotatable bonds is 0. The normalized spacial score (nSPS) is 47.7. The first-order valence-electron chi connectivity index (χ1n) is 12.4. The summed E-state index contributed by atoms with van der Waals surface area (Å²) in [5.74, 6) is 1.00. The van der Waals surface area contributed by atoms with Crippen LogP contribution in [0, 0.1) is 17.3 Å². The molecule has 6 bridgehead atoms. The van der Waals surface area contributed by atoms with Gasteiger partial charge in [0.05, 0.1) is 6.10 Å². The van der Waals surface area contributed by atoms with Gasteiger partial charge in [-0.2, -0.15) is 0 Å². The highest BCUT2D eigenvalue weighted by atomic mass is 16.3. The van der Waals surface area contributed by atoms with Crippen LogP contribution in [-0.2, 0) is 0 Å². The SMILES string of the molecule is O[C@@H]1CN2CCCC/C=C\CCC3=C[C@@H]4CN5CCCC/C=C\CC[C@@](C2)([C@H]14)[C@@H]35. The first kappa shape index (κ1) is 20.0. The largest absolute Gasteiger partial charge is 0.391 e. The van der Waals surface area contributed by atoms with E-state index in [1.165, 1.54) is 83.8 Å². The van der Waals surface area contributed by atoms with E-state index in [9.17, 15) is 5.11 Å². The fraction of sp³-hybridized carbons (Fsp3) is 0.769. The molecule has 0 radical (unpaired) electrons. The van der Waals surface area contributed by atoms with Crippen molar-refractivity contribution in [3.8, 4) is 0 Å². The van der Waals surface area contributed by atoms with Crippen LogP contribution in [0.1, 0.15) is 64.2 Å². The second kappa shape index (κ2) is 8.69. The Bertz CT molecular complexity index is 668. The van der Waals surface area contributed by atoms with Gasteiger partial charge >= 0.3 is 0 Å². The van der Waals surface area contributed by atoms with E-state index in [-0.39, 0.29) is 11.5 Å². The van der Waals surface area contributed by atoms with Crippen molar-refractivity contribution in [3.63, 3.8) is 0 Å². The summed E-state index contributed by atoms with van der Waals surface area (Å²) in [5, 5.41) is 11.4. The smallest absolute Gasteiger partial charge is 0.0707 e. The Morgan fingerprint density at radius 1 is 0.862 bits per heavy atom. The molecule has 0 amide bonds. The lowest BCUT2D eigenvalue weighted by atomic mass is 9.51. The van der Waals surface area contributed by atoms with E-state index in [0.717, 1.165) is 13.1 Å². The van der Waals surface area contributed by atoms with Crippen LogP contribution in [0.5, 0.6) is 0 Å². The zero-order valence-corrected chi connectivity index (χ0v) is 18.1. The second-order valence-electron chi connectivity index (χ2n) is 10.4. The molecule has 2 unspecified atom stereocenters. The molecule has 29 heavy (non-hydrogen) atoms. The van der Waals surface area contributed by atoms with Crippen molar-refractivity contribution in [3.05, 3.63) is 36.0 Å². The van der Waals surface area contributed by atoms with Crippen molar-refractivity contribution in [1.29, 1.82) is 0 Å². The van der Waals surface area contributed by atoms with Crippen LogP contribution in [0.4, 0.5) is 0 Å². The summed E-state index contributed by atoms with van der Waals surface area (Å²) < 4.78 is 0. The van der Waals surface area contributed by atoms with Gasteiger partial charge in [0.2, 0.25) is 0 Å². The maximum Gasteiger partial charge on any atom is 0.0707 e. The van der Waals surface area contributed by atoms with E-state index in [4.69, 9.17) is 0 Å². The molecule has 160 valence electrons. The molecule has 1 aliphatic carbocycles. The Morgan fingerprint density at radius 3 is 2.48 bits per heavy atom. The number of nitrogens with zero attached hydrogens (tertiary/aromatic N) is 2. The van der Waals surface area contributed by atoms with Crippen molar-refractivity contribution in [2.75, 3.05) is 32.7 Å². The number of hydrogen-bond donors (Lipinski definition) is 1. The Balaban J connectivity index is 1.57.